The maximum absolute atomic E-state index is 13.1. The third kappa shape index (κ3) is 5.62. The molecular formula is C19H24FIN6. The zero-order chi connectivity index (χ0) is 18.4. The predicted octanol–water partition coefficient (Wildman–Crippen LogP) is 2.75. The molecule has 0 radical (unpaired) electrons. The van der Waals surface area contributed by atoms with E-state index in [9.17, 15) is 4.39 Å². The maximum Gasteiger partial charge on any atom is 0.191 e. The van der Waals surface area contributed by atoms with E-state index in [1.165, 1.54) is 6.07 Å². The Labute approximate surface area is 175 Å². The summed E-state index contributed by atoms with van der Waals surface area (Å²) in [5, 5.41) is 14.9. The number of hydrogen-bond donors (Lipinski definition) is 2. The van der Waals surface area contributed by atoms with Crippen LogP contribution in [0.3, 0.4) is 0 Å². The van der Waals surface area contributed by atoms with Gasteiger partial charge in [-0.25, -0.2) is 4.39 Å². The molecule has 1 aromatic carbocycles. The first-order valence-corrected chi connectivity index (χ1v) is 8.65. The summed E-state index contributed by atoms with van der Waals surface area (Å²) in [6, 6.07) is 10.7. The van der Waals surface area contributed by atoms with Crippen LogP contribution in [0.25, 0.3) is 5.65 Å². The van der Waals surface area contributed by atoms with Crippen molar-refractivity contribution in [2.24, 2.45) is 4.99 Å². The number of nitrogens with one attached hydrogen (secondary N) is 2. The number of rotatable bonds is 6. The van der Waals surface area contributed by atoms with Gasteiger partial charge in [0.05, 0.1) is 0 Å². The molecule has 144 valence electrons. The van der Waals surface area contributed by atoms with Gasteiger partial charge in [-0.15, -0.1) is 34.2 Å². The molecule has 2 heterocycles. The minimum absolute atomic E-state index is 0. The lowest BCUT2D eigenvalue weighted by atomic mass is 10.1. The Morgan fingerprint density at radius 2 is 1.89 bits per heavy atom. The van der Waals surface area contributed by atoms with Crippen LogP contribution in [0.2, 0.25) is 0 Å². The number of nitrogens with zero attached hydrogens (tertiary/aromatic N) is 4. The highest BCUT2D eigenvalue weighted by atomic mass is 127. The molecular weight excluding hydrogens is 458 g/mol. The Morgan fingerprint density at radius 3 is 2.63 bits per heavy atom. The third-order valence-corrected chi connectivity index (χ3v) is 4.24. The fourth-order valence-corrected chi connectivity index (χ4v) is 2.83. The minimum atomic E-state index is -0.197. The van der Waals surface area contributed by atoms with E-state index in [2.05, 4.69) is 25.8 Å². The van der Waals surface area contributed by atoms with Gasteiger partial charge in [-0.05, 0) is 48.7 Å². The van der Waals surface area contributed by atoms with Crippen molar-refractivity contribution in [3.8, 4) is 0 Å². The van der Waals surface area contributed by atoms with Gasteiger partial charge in [0.2, 0.25) is 0 Å². The highest BCUT2D eigenvalue weighted by Crippen LogP contribution is 2.10. The summed E-state index contributed by atoms with van der Waals surface area (Å²) in [6.07, 6.45) is 3.51. The van der Waals surface area contributed by atoms with Gasteiger partial charge in [-0.3, -0.25) is 9.39 Å². The Bertz CT molecular complexity index is 908. The zero-order valence-corrected chi connectivity index (χ0v) is 17.8. The van der Waals surface area contributed by atoms with Gasteiger partial charge >= 0.3 is 0 Å². The van der Waals surface area contributed by atoms with E-state index in [1.54, 1.807) is 13.1 Å². The van der Waals surface area contributed by atoms with Gasteiger partial charge < -0.3 is 10.6 Å². The number of pyridine rings is 1. The van der Waals surface area contributed by atoms with Crippen LogP contribution < -0.4 is 10.6 Å². The number of hydrogen-bond acceptors (Lipinski definition) is 3. The number of aromatic nitrogens is 3. The Hall–Kier alpha value is -2.23. The highest BCUT2D eigenvalue weighted by Gasteiger charge is 2.05. The topological polar surface area (TPSA) is 66.6 Å². The molecule has 27 heavy (non-hydrogen) atoms. The summed E-state index contributed by atoms with van der Waals surface area (Å²) in [7, 11) is 1.74. The molecule has 0 aliphatic rings. The molecule has 2 aromatic heterocycles. The van der Waals surface area contributed by atoms with Gasteiger partial charge in [0, 0.05) is 32.8 Å². The summed E-state index contributed by atoms with van der Waals surface area (Å²) < 4.78 is 15.1. The Kier molecular flexibility index (Phi) is 7.96. The summed E-state index contributed by atoms with van der Waals surface area (Å²) in [5.41, 5.74) is 2.94. The van der Waals surface area contributed by atoms with Gasteiger partial charge in [-0.1, -0.05) is 12.1 Å². The van der Waals surface area contributed by atoms with Gasteiger partial charge in [0.15, 0.2) is 11.6 Å². The summed E-state index contributed by atoms with van der Waals surface area (Å²) >= 11 is 0. The SMILES string of the molecule is CN=C(NCCc1ccc(F)cc1C)NCCc1nnc2ccccn12.I. The molecule has 8 heteroatoms. The van der Waals surface area contributed by atoms with Crippen LogP contribution in [0.15, 0.2) is 47.6 Å². The van der Waals surface area contributed by atoms with E-state index in [0.717, 1.165) is 47.9 Å². The number of benzene rings is 1. The molecule has 0 unspecified atom stereocenters. The van der Waals surface area contributed by atoms with Crippen molar-refractivity contribution in [2.45, 2.75) is 19.8 Å². The van der Waals surface area contributed by atoms with E-state index in [0.29, 0.717) is 6.54 Å². The number of halogens is 2. The number of guanidine groups is 1. The molecule has 0 saturated carbocycles. The molecule has 6 nitrogen and oxygen atoms in total. The molecule has 0 fully saturated rings. The van der Waals surface area contributed by atoms with Gasteiger partial charge in [0.1, 0.15) is 11.6 Å². The molecule has 3 rings (SSSR count). The first-order chi connectivity index (χ1) is 12.7. The largest absolute Gasteiger partial charge is 0.356 e. The normalized spacial score (nSPS) is 11.3. The molecule has 0 saturated heterocycles. The molecule has 0 amide bonds. The number of fused-ring (bicyclic) bond motifs is 1. The van der Waals surface area contributed by atoms with Gasteiger partial charge in [-0.2, -0.15) is 0 Å². The van der Waals surface area contributed by atoms with E-state index >= 15 is 0 Å². The number of aryl methyl sites for hydroxylation is 1. The second kappa shape index (κ2) is 10.2. The van der Waals surface area contributed by atoms with Crippen LogP contribution in [0.4, 0.5) is 4.39 Å². The molecule has 3 aromatic rings. The van der Waals surface area contributed by atoms with Crippen molar-refractivity contribution >= 4 is 35.6 Å². The van der Waals surface area contributed by atoms with Crippen molar-refractivity contribution in [1.29, 1.82) is 0 Å². The van der Waals surface area contributed by atoms with E-state index in [-0.39, 0.29) is 29.8 Å². The molecule has 0 bridgehead atoms. The Morgan fingerprint density at radius 1 is 1.11 bits per heavy atom. The lowest BCUT2D eigenvalue weighted by Crippen LogP contribution is -2.39. The van der Waals surface area contributed by atoms with Crippen LogP contribution in [0, 0.1) is 12.7 Å². The molecule has 0 atom stereocenters. The summed E-state index contributed by atoms with van der Waals surface area (Å²) in [5.74, 6) is 1.45. The quantitative estimate of drug-likeness (QED) is 0.322. The lowest BCUT2D eigenvalue weighted by molar-refractivity contribution is 0.625. The molecule has 2 N–H and O–H groups in total. The average Bonchev–Trinajstić information content (AvgIpc) is 3.05. The number of aliphatic imine (C=N–C) groups is 1. The van der Waals surface area contributed by atoms with Crippen molar-refractivity contribution in [2.75, 3.05) is 20.1 Å². The van der Waals surface area contributed by atoms with E-state index in [4.69, 9.17) is 0 Å². The monoisotopic (exact) mass is 482 g/mol. The van der Waals surface area contributed by atoms with Crippen LogP contribution >= 0.6 is 24.0 Å². The molecule has 0 aliphatic carbocycles. The predicted molar refractivity (Wildman–Crippen MR) is 116 cm³/mol. The van der Waals surface area contributed by atoms with E-state index in [1.807, 2.05) is 41.8 Å². The summed E-state index contributed by atoms with van der Waals surface area (Å²) in [6.45, 7) is 3.35. The molecule has 0 spiro atoms. The first-order valence-electron chi connectivity index (χ1n) is 8.65. The van der Waals surface area contributed by atoms with Crippen LogP contribution in [0.1, 0.15) is 17.0 Å². The molecule has 0 aliphatic heterocycles. The second-order valence-electron chi connectivity index (χ2n) is 6.04. The minimum Gasteiger partial charge on any atom is -0.356 e. The Balaban J connectivity index is 0.00000261. The lowest BCUT2D eigenvalue weighted by Gasteiger charge is -2.12. The highest BCUT2D eigenvalue weighted by molar-refractivity contribution is 14.0. The first kappa shape index (κ1) is 21.1. The van der Waals surface area contributed by atoms with Gasteiger partial charge in [0.25, 0.3) is 0 Å². The van der Waals surface area contributed by atoms with Crippen molar-refractivity contribution in [3.63, 3.8) is 0 Å². The fourth-order valence-electron chi connectivity index (χ4n) is 2.83. The van der Waals surface area contributed by atoms with Crippen molar-refractivity contribution < 1.29 is 4.39 Å². The smallest absolute Gasteiger partial charge is 0.191 e. The second-order valence-corrected chi connectivity index (χ2v) is 6.04. The van der Waals surface area contributed by atoms with E-state index < -0.39 is 0 Å². The van der Waals surface area contributed by atoms with Crippen LogP contribution in [-0.2, 0) is 12.8 Å². The van der Waals surface area contributed by atoms with Crippen LogP contribution in [-0.4, -0.2) is 40.7 Å². The summed E-state index contributed by atoms with van der Waals surface area (Å²) in [4.78, 5) is 4.23. The van der Waals surface area contributed by atoms with Crippen molar-refractivity contribution in [3.05, 3.63) is 65.4 Å². The maximum atomic E-state index is 13.1. The fraction of sp³-hybridized carbons (Fsp3) is 0.316. The average molecular weight is 482 g/mol. The third-order valence-electron chi connectivity index (χ3n) is 4.24. The standard InChI is InChI=1S/C19H23FN6.HI/c1-14-13-16(20)7-6-15(14)8-10-22-19(21-2)23-11-9-18-25-24-17-5-3-4-12-26(17)18;/h3-7,12-13H,8-11H2,1-2H3,(H2,21,22,23);1H. The van der Waals surface area contributed by atoms with Crippen molar-refractivity contribution in [1.82, 2.24) is 25.2 Å². The zero-order valence-electron chi connectivity index (χ0n) is 15.4. The van der Waals surface area contributed by atoms with Crippen LogP contribution in [0.5, 0.6) is 0 Å².